The van der Waals surface area contributed by atoms with E-state index in [0.717, 1.165) is 21.4 Å². The molecule has 0 radical (unpaired) electrons. The zero-order valence-electron chi connectivity index (χ0n) is 12.2. The molecule has 0 fully saturated rings. The molecule has 0 N–H and O–H groups in total. The smallest absolute Gasteiger partial charge is 0.270 e. The number of halogens is 2. The Bertz CT molecular complexity index is 779. The molecular formula is C16H17BrIN3S. The maximum atomic E-state index is 4.61. The Balaban J connectivity index is 0.00000176. The molecule has 116 valence electrons. The Hall–Kier alpha value is -0.730. The van der Waals surface area contributed by atoms with Gasteiger partial charge in [-0.2, -0.15) is 0 Å². The second kappa shape index (κ2) is 8.21. The van der Waals surface area contributed by atoms with Gasteiger partial charge in [0.2, 0.25) is 5.52 Å². The number of nitrogens with zero attached hydrogens (tertiary/aromatic N) is 3. The van der Waals surface area contributed by atoms with Gasteiger partial charge in [-0.15, -0.1) is 11.3 Å². The summed E-state index contributed by atoms with van der Waals surface area (Å²) in [6.45, 7) is 3.25. The van der Waals surface area contributed by atoms with Gasteiger partial charge in [-0.3, -0.25) is 0 Å². The van der Waals surface area contributed by atoms with E-state index in [2.05, 4.69) is 74.6 Å². The lowest BCUT2D eigenvalue weighted by Gasteiger charge is -1.93. The molecule has 3 aromatic rings. The molecule has 6 heteroatoms. The van der Waals surface area contributed by atoms with Gasteiger partial charge in [0.25, 0.3) is 6.33 Å². The van der Waals surface area contributed by atoms with E-state index in [1.54, 1.807) is 11.3 Å². The molecule has 2 aromatic heterocycles. The van der Waals surface area contributed by atoms with Crippen molar-refractivity contribution in [3.8, 4) is 0 Å². The molecule has 3 rings (SSSR count). The van der Waals surface area contributed by atoms with E-state index in [1.165, 1.54) is 18.4 Å². The molecule has 0 aliphatic carbocycles. The summed E-state index contributed by atoms with van der Waals surface area (Å²) in [6.07, 6.45) is 6.37. The summed E-state index contributed by atoms with van der Waals surface area (Å²) < 4.78 is 5.34. The van der Waals surface area contributed by atoms with Crippen molar-refractivity contribution in [1.82, 2.24) is 4.68 Å². The first-order valence-electron chi connectivity index (χ1n) is 7.06. The number of fused-ring (bicyclic) bond motifs is 1. The summed E-state index contributed by atoms with van der Waals surface area (Å²) in [4.78, 5) is 1.14. The van der Waals surface area contributed by atoms with E-state index < -0.39 is 0 Å². The Morgan fingerprint density at radius 2 is 2.18 bits per heavy atom. The third-order valence-corrected chi connectivity index (χ3v) is 4.96. The maximum Gasteiger partial charge on any atom is 0.270 e. The van der Waals surface area contributed by atoms with Crippen LogP contribution in [0.5, 0.6) is 0 Å². The van der Waals surface area contributed by atoms with Crippen molar-refractivity contribution in [1.29, 1.82) is 0 Å². The van der Waals surface area contributed by atoms with E-state index >= 15 is 0 Å². The van der Waals surface area contributed by atoms with Crippen molar-refractivity contribution < 1.29 is 28.5 Å². The van der Waals surface area contributed by atoms with Crippen LogP contribution in [0.25, 0.3) is 11.0 Å². The third kappa shape index (κ3) is 3.97. The van der Waals surface area contributed by atoms with E-state index in [4.69, 9.17) is 0 Å². The molecule has 0 spiro atoms. The highest BCUT2D eigenvalue weighted by Gasteiger charge is 2.14. The molecule has 0 saturated carbocycles. The summed E-state index contributed by atoms with van der Waals surface area (Å²) in [6, 6.07) is 10.5. The molecule has 3 nitrogen and oxygen atoms in total. The van der Waals surface area contributed by atoms with E-state index in [1.807, 2.05) is 10.9 Å². The average molecular weight is 490 g/mol. The van der Waals surface area contributed by atoms with Crippen LogP contribution in [0.3, 0.4) is 0 Å². The number of thiophene rings is 1. The fourth-order valence-corrected chi connectivity index (χ4v) is 3.57. The van der Waals surface area contributed by atoms with Crippen molar-refractivity contribution in [3.63, 3.8) is 0 Å². The molecule has 22 heavy (non-hydrogen) atoms. The molecule has 0 amide bonds. The zero-order chi connectivity index (χ0) is 14.7. The van der Waals surface area contributed by atoms with Gasteiger partial charge >= 0.3 is 0 Å². The van der Waals surface area contributed by atoms with Crippen LogP contribution in [0.4, 0.5) is 0 Å². The van der Waals surface area contributed by atoms with Crippen LogP contribution in [-0.2, 0) is 6.54 Å². The number of aryl methyl sites for hydroxylation is 1. The van der Waals surface area contributed by atoms with Gasteiger partial charge < -0.3 is 24.0 Å². The van der Waals surface area contributed by atoms with Crippen molar-refractivity contribution in [2.24, 2.45) is 5.10 Å². The van der Waals surface area contributed by atoms with Crippen LogP contribution in [0, 0.1) is 0 Å². The normalized spacial score (nSPS) is 11.2. The Labute approximate surface area is 159 Å². The lowest BCUT2D eigenvalue weighted by atomic mass is 10.3. The fraction of sp³-hybridized carbons (Fsp3) is 0.250. The molecule has 0 atom stereocenters. The lowest BCUT2D eigenvalue weighted by Crippen LogP contribution is -3.00. The molecule has 0 unspecified atom stereocenters. The Morgan fingerprint density at radius 1 is 1.36 bits per heavy atom. The van der Waals surface area contributed by atoms with E-state index in [-0.39, 0.29) is 24.0 Å². The molecule has 0 bridgehead atoms. The number of rotatable bonds is 5. The average Bonchev–Trinajstić information content (AvgIpc) is 3.07. The first kappa shape index (κ1) is 17.6. The molecule has 0 saturated heterocycles. The standard InChI is InChI=1S/C16H17BrN3S.HI/c1-2-3-8-19-12-20(16-7-5-4-6-15(16)19)18-10-14-9-13(17)11-21-14;/h4-7,9-12H,2-3,8H2,1H3;1H/q+1;/p-1/b18-10+;. The Morgan fingerprint density at radius 3 is 2.91 bits per heavy atom. The highest BCUT2D eigenvalue weighted by atomic mass is 127. The van der Waals surface area contributed by atoms with Crippen LogP contribution in [0.15, 0.2) is 51.6 Å². The number of unbranched alkanes of at least 4 members (excludes halogenated alkanes) is 1. The Kier molecular flexibility index (Phi) is 6.58. The van der Waals surface area contributed by atoms with E-state index in [9.17, 15) is 0 Å². The largest absolute Gasteiger partial charge is 1.00 e. The monoisotopic (exact) mass is 489 g/mol. The van der Waals surface area contributed by atoms with Crippen LogP contribution in [-0.4, -0.2) is 10.9 Å². The minimum absolute atomic E-state index is 0. The summed E-state index contributed by atoms with van der Waals surface area (Å²) in [7, 11) is 0. The summed E-state index contributed by atoms with van der Waals surface area (Å²) in [5.74, 6) is 0. The van der Waals surface area contributed by atoms with Crippen LogP contribution in [0.2, 0.25) is 0 Å². The van der Waals surface area contributed by atoms with Crippen molar-refractivity contribution >= 4 is 44.5 Å². The molecular weight excluding hydrogens is 473 g/mol. The molecule has 1 aromatic carbocycles. The van der Waals surface area contributed by atoms with Crippen LogP contribution >= 0.6 is 27.3 Å². The second-order valence-electron chi connectivity index (χ2n) is 4.91. The summed E-state index contributed by atoms with van der Waals surface area (Å²) >= 11 is 5.15. The van der Waals surface area contributed by atoms with Crippen molar-refractivity contribution in [2.75, 3.05) is 0 Å². The number of aromatic nitrogens is 2. The number of hydrogen-bond donors (Lipinski definition) is 0. The third-order valence-electron chi connectivity index (χ3n) is 3.34. The van der Waals surface area contributed by atoms with Gasteiger partial charge in [0.1, 0.15) is 0 Å². The SMILES string of the molecule is CCCC[n+]1cn(/N=C/c2cc(Br)cs2)c2ccccc21.[I-]. The first-order valence-corrected chi connectivity index (χ1v) is 8.73. The predicted molar refractivity (Wildman–Crippen MR) is 92.1 cm³/mol. The number of hydrogen-bond acceptors (Lipinski definition) is 2. The highest BCUT2D eigenvalue weighted by Crippen LogP contribution is 2.18. The minimum Gasteiger partial charge on any atom is -1.00 e. The van der Waals surface area contributed by atoms with Crippen molar-refractivity contribution in [2.45, 2.75) is 26.3 Å². The molecule has 0 aliphatic heterocycles. The zero-order valence-corrected chi connectivity index (χ0v) is 16.8. The van der Waals surface area contributed by atoms with Gasteiger partial charge in [0.05, 0.1) is 17.6 Å². The molecule has 2 heterocycles. The number of imidazole rings is 1. The minimum atomic E-state index is 0. The molecule has 0 aliphatic rings. The number of para-hydroxylation sites is 2. The van der Waals surface area contributed by atoms with Crippen LogP contribution in [0.1, 0.15) is 24.6 Å². The topological polar surface area (TPSA) is 21.2 Å². The highest BCUT2D eigenvalue weighted by molar-refractivity contribution is 9.10. The predicted octanol–water partition coefficient (Wildman–Crippen LogP) is 1.44. The summed E-state index contributed by atoms with van der Waals surface area (Å²) in [5, 5.41) is 6.67. The van der Waals surface area contributed by atoms with Crippen LogP contribution < -0.4 is 28.5 Å². The maximum absolute atomic E-state index is 4.61. The van der Waals surface area contributed by atoms with Gasteiger partial charge in [0.15, 0.2) is 5.52 Å². The summed E-state index contributed by atoms with van der Waals surface area (Å²) in [5.41, 5.74) is 2.37. The van der Waals surface area contributed by atoms with Gasteiger partial charge in [-0.25, -0.2) is 4.57 Å². The second-order valence-corrected chi connectivity index (χ2v) is 6.77. The van der Waals surface area contributed by atoms with Gasteiger partial charge in [-0.05, 0) is 40.5 Å². The number of benzene rings is 1. The quantitative estimate of drug-likeness (QED) is 0.294. The van der Waals surface area contributed by atoms with Gasteiger partial charge in [-0.1, -0.05) is 35.3 Å². The lowest BCUT2D eigenvalue weighted by molar-refractivity contribution is -0.672. The van der Waals surface area contributed by atoms with E-state index in [0.29, 0.717) is 0 Å². The van der Waals surface area contributed by atoms with Crippen molar-refractivity contribution in [3.05, 3.63) is 51.4 Å². The van der Waals surface area contributed by atoms with Gasteiger partial charge in [0, 0.05) is 9.85 Å². The fourth-order valence-electron chi connectivity index (χ4n) is 2.27. The first-order chi connectivity index (χ1) is 10.3.